The summed E-state index contributed by atoms with van der Waals surface area (Å²) >= 11 is 0. The molecular weight excluding hydrogens is 545 g/mol. The van der Waals surface area contributed by atoms with Crippen LogP contribution in [0.25, 0.3) is 0 Å². The molecule has 0 aliphatic heterocycles. The minimum Gasteiger partial charge on any atom is -0.412 e. The molecule has 0 saturated heterocycles. The molecule has 0 fully saturated rings. The molecule has 32 heavy (non-hydrogen) atoms. The predicted octanol–water partition coefficient (Wildman–Crippen LogP) is -4.80. The average molecular weight is 589 g/mol. The van der Waals surface area contributed by atoms with E-state index in [0.29, 0.717) is 0 Å². The van der Waals surface area contributed by atoms with Gasteiger partial charge in [-0.1, -0.05) is 14.9 Å². The van der Waals surface area contributed by atoms with Crippen molar-refractivity contribution >= 4 is 41.3 Å². The van der Waals surface area contributed by atoms with E-state index >= 15 is 0 Å². The Bertz CT molecular complexity index is 495. The summed E-state index contributed by atoms with van der Waals surface area (Å²) in [5.74, 6) is 0. The van der Waals surface area contributed by atoms with Gasteiger partial charge in [0.1, 0.15) is 18.9 Å². The Morgan fingerprint density at radius 1 is 0.500 bits per heavy atom. The molecule has 0 amide bonds. The molecule has 0 aromatic heterocycles. The largest absolute Gasteiger partial charge is 0.412 e. The topological polar surface area (TPSA) is 371 Å². The first-order valence-electron chi connectivity index (χ1n) is 6.36. The van der Waals surface area contributed by atoms with Crippen LogP contribution in [0, 0.1) is 0 Å². The van der Waals surface area contributed by atoms with Crippen LogP contribution in [-0.2, 0) is 13.7 Å². The van der Waals surface area contributed by atoms with Crippen LogP contribution in [0.15, 0.2) is 0 Å². The van der Waals surface area contributed by atoms with Gasteiger partial charge in [-0.05, 0) is 0 Å². The fourth-order valence-electron chi connectivity index (χ4n) is 1.80. The summed E-state index contributed by atoms with van der Waals surface area (Å²) in [7, 11) is -8.74. The Labute approximate surface area is 192 Å². The van der Waals surface area contributed by atoms with Crippen LogP contribution in [0.2, 0.25) is 0 Å². The van der Waals surface area contributed by atoms with Gasteiger partial charge in [-0.2, -0.15) is 0 Å². The fraction of sp³-hybridized carbons (Fsp3) is 1.00. The zero-order valence-electron chi connectivity index (χ0n) is 15.7. The lowest BCUT2D eigenvalue weighted by Gasteiger charge is -2.33. The third kappa shape index (κ3) is 35.5. The zero-order valence-corrected chi connectivity index (χ0v) is 20.7. The lowest BCUT2D eigenvalue weighted by atomic mass is 10.7. The highest BCUT2D eigenvalue weighted by atomic mass is 31.2. The normalized spacial score (nSPS) is 10.6. The van der Waals surface area contributed by atoms with Crippen LogP contribution >= 0.6 is 41.3 Å². The van der Waals surface area contributed by atoms with Crippen LogP contribution in [0.3, 0.4) is 0 Å². The minimum absolute atomic E-state index is 0. The SMILES string of the molecule is C.C.O.O.O.O.O.O.O=P(O)(O)CN(CP)CN(CN(CP)CP(=O)(O)O)CP(=O)(O)O. The van der Waals surface area contributed by atoms with Gasteiger partial charge in [-0.25, -0.2) is 0 Å². The summed E-state index contributed by atoms with van der Waals surface area (Å²) in [6, 6.07) is 0. The molecule has 23 heteroatoms. The van der Waals surface area contributed by atoms with Gasteiger partial charge in [0.25, 0.3) is 0 Å². The Kier molecular flexibility index (Phi) is 45.9. The van der Waals surface area contributed by atoms with Crippen molar-refractivity contribution in [3.8, 4) is 0 Å². The summed E-state index contributed by atoms with van der Waals surface area (Å²) in [6.07, 6.45) is -1.71. The molecule has 0 aliphatic rings. The third-order valence-electron chi connectivity index (χ3n) is 2.47. The zero-order chi connectivity index (χ0) is 19.2. The lowest BCUT2D eigenvalue weighted by Crippen LogP contribution is -2.44. The number of hydrogen-bond donors (Lipinski definition) is 6. The fourth-order valence-corrected chi connectivity index (χ4v) is 4.88. The van der Waals surface area contributed by atoms with E-state index in [1.165, 1.54) is 14.7 Å². The maximum Gasteiger partial charge on any atom is 0.339 e. The second kappa shape index (κ2) is 25.1. The lowest BCUT2D eigenvalue weighted by molar-refractivity contribution is 0.109. The molecular formula is C9H44N3O15P5. The summed E-state index contributed by atoms with van der Waals surface area (Å²) < 4.78 is 33.4. The summed E-state index contributed by atoms with van der Waals surface area (Å²) in [5, 5.41) is 0. The van der Waals surface area contributed by atoms with E-state index in [2.05, 4.69) is 18.5 Å². The smallest absolute Gasteiger partial charge is 0.339 e. The Morgan fingerprint density at radius 3 is 0.844 bits per heavy atom. The number of nitrogens with zero attached hydrogens (tertiary/aromatic N) is 3. The summed E-state index contributed by atoms with van der Waals surface area (Å²) in [6.45, 7) is -0.413. The van der Waals surface area contributed by atoms with Crippen molar-refractivity contribution in [2.75, 3.05) is 44.8 Å². The van der Waals surface area contributed by atoms with E-state index in [1.807, 2.05) is 0 Å². The van der Waals surface area contributed by atoms with E-state index in [1.54, 1.807) is 0 Å². The molecule has 18 N–H and O–H groups in total. The molecule has 210 valence electrons. The molecule has 0 rings (SSSR count). The first-order chi connectivity index (χ1) is 10.6. The quantitative estimate of drug-likeness (QED) is 0.0922. The second-order valence-corrected chi connectivity index (χ2v) is 10.6. The Balaban J connectivity index is -0.0000000945. The Hall–Kier alpha value is 0.950. The first-order valence-corrected chi connectivity index (χ1v) is 13.4. The maximum atomic E-state index is 11.2. The van der Waals surface area contributed by atoms with Crippen molar-refractivity contribution in [1.82, 2.24) is 14.7 Å². The molecule has 0 spiro atoms. The van der Waals surface area contributed by atoms with Crippen molar-refractivity contribution in [3.05, 3.63) is 0 Å². The van der Waals surface area contributed by atoms with Crippen molar-refractivity contribution in [1.29, 1.82) is 0 Å². The number of rotatable bonds is 12. The Morgan fingerprint density at radius 2 is 0.688 bits per heavy atom. The van der Waals surface area contributed by atoms with Gasteiger partial charge in [0, 0.05) is 12.6 Å². The summed E-state index contributed by atoms with van der Waals surface area (Å²) in [5.41, 5.74) is 0. The molecule has 0 heterocycles. The molecule has 0 radical (unpaired) electrons. The van der Waals surface area contributed by atoms with Crippen molar-refractivity contribution in [2.24, 2.45) is 0 Å². The number of hydrogen-bond acceptors (Lipinski definition) is 6. The highest BCUT2D eigenvalue weighted by molar-refractivity contribution is 7.52. The van der Waals surface area contributed by atoms with Crippen LogP contribution in [0.5, 0.6) is 0 Å². The molecule has 0 aliphatic carbocycles. The van der Waals surface area contributed by atoms with Gasteiger partial charge in [0.2, 0.25) is 0 Å². The molecule has 0 aromatic rings. The molecule has 2 atom stereocenters. The van der Waals surface area contributed by atoms with E-state index < -0.39 is 41.6 Å². The van der Waals surface area contributed by atoms with Crippen LogP contribution in [0.1, 0.15) is 14.9 Å². The average Bonchev–Trinajstić information content (AvgIpc) is 2.31. The van der Waals surface area contributed by atoms with E-state index in [0.717, 1.165) is 0 Å². The van der Waals surface area contributed by atoms with Gasteiger partial charge < -0.3 is 62.2 Å². The third-order valence-corrected chi connectivity index (χ3v) is 5.81. The predicted molar refractivity (Wildman–Crippen MR) is 130 cm³/mol. The van der Waals surface area contributed by atoms with Crippen LogP contribution < -0.4 is 0 Å². The highest BCUT2D eigenvalue weighted by Gasteiger charge is 2.27. The van der Waals surface area contributed by atoms with Gasteiger partial charge >= 0.3 is 22.8 Å². The minimum atomic E-state index is -4.49. The van der Waals surface area contributed by atoms with Gasteiger partial charge in [-0.3, -0.25) is 28.4 Å². The van der Waals surface area contributed by atoms with Crippen LogP contribution in [-0.4, -0.2) is 122 Å². The van der Waals surface area contributed by atoms with Crippen molar-refractivity contribution < 1.29 is 75.9 Å². The van der Waals surface area contributed by atoms with Gasteiger partial charge in [0.15, 0.2) is 0 Å². The highest BCUT2D eigenvalue weighted by Crippen LogP contribution is 2.39. The van der Waals surface area contributed by atoms with Crippen molar-refractivity contribution in [3.63, 3.8) is 0 Å². The first kappa shape index (κ1) is 58.6. The molecule has 2 unspecified atom stereocenters. The van der Waals surface area contributed by atoms with E-state index in [-0.39, 0.29) is 73.6 Å². The van der Waals surface area contributed by atoms with Crippen molar-refractivity contribution in [2.45, 2.75) is 14.9 Å². The summed E-state index contributed by atoms with van der Waals surface area (Å²) in [4.78, 5) is 58.0. The maximum absolute atomic E-state index is 11.2. The standard InChI is InChI=1S/C7H24N3O9P5.2CH4.6H2O/c11-22(12,13)5-8(1-9(3-20)6-23(14,15)16)2-10(4-21)7-24(17,18)19;;;;;;;;/h1-7,20-21H2,(H2,11,12,13)(H2,14,15,16)(H2,17,18,19);2*1H4;6*1H2. The molecule has 0 aromatic carbocycles. The molecule has 0 saturated carbocycles. The molecule has 0 bridgehead atoms. The monoisotopic (exact) mass is 589 g/mol. The van der Waals surface area contributed by atoms with Gasteiger partial charge in [-0.15, -0.1) is 18.5 Å². The van der Waals surface area contributed by atoms with E-state index in [4.69, 9.17) is 29.4 Å². The second-order valence-electron chi connectivity index (χ2n) is 5.08. The van der Waals surface area contributed by atoms with Crippen LogP contribution in [0.4, 0.5) is 0 Å². The van der Waals surface area contributed by atoms with Gasteiger partial charge in [0.05, 0.1) is 13.3 Å². The molecule has 18 nitrogen and oxygen atoms in total. The van der Waals surface area contributed by atoms with E-state index in [9.17, 15) is 13.7 Å².